The first-order valence-electron chi connectivity index (χ1n) is 9.54. The molecule has 0 aliphatic heterocycles. The van der Waals surface area contributed by atoms with Crippen LogP contribution in [0.2, 0.25) is 0 Å². The third-order valence-corrected chi connectivity index (χ3v) is 4.62. The van der Waals surface area contributed by atoms with Gasteiger partial charge < -0.3 is 18.9 Å². The van der Waals surface area contributed by atoms with Crippen molar-refractivity contribution in [2.45, 2.75) is 6.61 Å². The molecular weight excluding hydrogens is 399 g/mol. The van der Waals surface area contributed by atoms with Crippen LogP contribution in [0.5, 0.6) is 23.0 Å². The van der Waals surface area contributed by atoms with Gasteiger partial charge in [0, 0.05) is 11.1 Å². The SMILES string of the molecule is COc1ccc(/C=C/C(=O)c2ccc(OC)c(OC)c2)cc1COc1ccccc1F. The Labute approximate surface area is 180 Å². The van der Waals surface area contributed by atoms with Crippen LogP contribution in [0, 0.1) is 5.82 Å². The normalized spacial score (nSPS) is 10.7. The van der Waals surface area contributed by atoms with Crippen LogP contribution in [0.1, 0.15) is 21.5 Å². The van der Waals surface area contributed by atoms with Crippen LogP contribution in [-0.2, 0) is 6.61 Å². The van der Waals surface area contributed by atoms with Crippen LogP contribution < -0.4 is 18.9 Å². The molecule has 0 radical (unpaired) electrons. The molecule has 5 nitrogen and oxygen atoms in total. The molecule has 0 aliphatic rings. The van der Waals surface area contributed by atoms with Crippen molar-refractivity contribution in [3.05, 3.63) is 89.2 Å². The van der Waals surface area contributed by atoms with Crippen LogP contribution >= 0.6 is 0 Å². The molecule has 0 aliphatic carbocycles. The van der Waals surface area contributed by atoms with Gasteiger partial charge in [-0.25, -0.2) is 4.39 Å². The molecule has 3 rings (SSSR count). The molecule has 0 saturated carbocycles. The largest absolute Gasteiger partial charge is 0.496 e. The molecule has 6 heteroatoms. The molecule has 0 amide bonds. The highest BCUT2D eigenvalue weighted by Gasteiger charge is 2.10. The van der Waals surface area contributed by atoms with Crippen LogP contribution in [-0.4, -0.2) is 27.1 Å². The number of carbonyl (C=O) groups is 1. The van der Waals surface area contributed by atoms with Gasteiger partial charge in [0.25, 0.3) is 0 Å². The lowest BCUT2D eigenvalue weighted by Gasteiger charge is -2.11. The molecule has 160 valence electrons. The molecule has 0 N–H and O–H groups in total. The van der Waals surface area contributed by atoms with Crippen molar-refractivity contribution in [3.63, 3.8) is 0 Å². The summed E-state index contributed by atoms with van der Waals surface area (Å²) >= 11 is 0. The van der Waals surface area contributed by atoms with Crippen molar-refractivity contribution in [2.24, 2.45) is 0 Å². The topological polar surface area (TPSA) is 54.0 Å². The Morgan fingerprint density at radius 2 is 1.55 bits per heavy atom. The molecule has 0 atom stereocenters. The van der Waals surface area contributed by atoms with Crippen molar-refractivity contribution >= 4 is 11.9 Å². The second kappa shape index (κ2) is 10.3. The highest BCUT2D eigenvalue weighted by Crippen LogP contribution is 2.28. The van der Waals surface area contributed by atoms with E-state index in [1.807, 2.05) is 12.1 Å². The number of para-hydroxylation sites is 1. The summed E-state index contributed by atoms with van der Waals surface area (Å²) in [5.41, 5.74) is 1.98. The van der Waals surface area contributed by atoms with Gasteiger partial charge in [-0.15, -0.1) is 0 Å². The zero-order chi connectivity index (χ0) is 22.2. The summed E-state index contributed by atoms with van der Waals surface area (Å²) in [6.07, 6.45) is 3.18. The number of ketones is 1. The lowest BCUT2D eigenvalue weighted by atomic mass is 10.1. The minimum atomic E-state index is -0.432. The van der Waals surface area contributed by atoms with E-state index < -0.39 is 5.82 Å². The van der Waals surface area contributed by atoms with E-state index >= 15 is 0 Å². The molecule has 0 heterocycles. The van der Waals surface area contributed by atoms with E-state index in [1.54, 1.807) is 55.7 Å². The molecule has 0 aromatic heterocycles. The summed E-state index contributed by atoms with van der Waals surface area (Å²) in [4.78, 5) is 12.6. The first-order chi connectivity index (χ1) is 15.0. The fourth-order valence-corrected chi connectivity index (χ4v) is 2.99. The number of benzene rings is 3. The van der Waals surface area contributed by atoms with Crippen LogP contribution in [0.3, 0.4) is 0 Å². The highest BCUT2D eigenvalue weighted by atomic mass is 19.1. The van der Waals surface area contributed by atoms with Gasteiger partial charge in [0.15, 0.2) is 28.8 Å². The van der Waals surface area contributed by atoms with E-state index in [1.165, 1.54) is 26.4 Å². The third-order valence-electron chi connectivity index (χ3n) is 4.62. The van der Waals surface area contributed by atoms with Gasteiger partial charge in [0.2, 0.25) is 0 Å². The van der Waals surface area contributed by atoms with Gasteiger partial charge in [0.05, 0.1) is 21.3 Å². The highest BCUT2D eigenvalue weighted by molar-refractivity contribution is 6.07. The quantitative estimate of drug-likeness (QED) is 0.345. The van der Waals surface area contributed by atoms with E-state index in [4.69, 9.17) is 18.9 Å². The number of halogens is 1. The number of hydrogen-bond acceptors (Lipinski definition) is 5. The fraction of sp³-hybridized carbons (Fsp3) is 0.160. The minimum Gasteiger partial charge on any atom is -0.496 e. The predicted octanol–water partition coefficient (Wildman–Crippen LogP) is 5.33. The van der Waals surface area contributed by atoms with Crippen molar-refractivity contribution in [1.82, 2.24) is 0 Å². The zero-order valence-corrected chi connectivity index (χ0v) is 17.6. The first kappa shape index (κ1) is 21.9. The van der Waals surface area contributed by atoms with Crippen molar-refractivity contribution in [1.29, 1.82) is 0 Å². The molecule has 0 fully saturated rings. The van der Waals surface area contributed by atoms with Crippen molar-refractivity contribution < 1.29 is 28.1 Å². The summed E-state index contributed by atoms with van der Waals surface area (Å²) in [5.74, 6) is 1.20. The molecule has 3 aromatic carbocycles. The monoisotopic (exact) mass is 422 g/mol. The summed E-state index contributed by atoms with van der Waals surface area (Å²) in [7, 11) is 4.61. The Kier molecular flexibility index (Phi) is 7.27. The lowest BCUT2D eigenvalue weighted by Crippen LogP contribution is -2.01. The standard InChI is InChI=1S/C25H23FO5/c1-28-22-12-9-17(14-19(22)16-31-23-7-5-4-6-20(23)26)8-11-21(27)18-10-13-24(29-2)25(15-18)30-3/h4-15H,16H2,1-3H3/b11-8+. The number of methoxy groups -OCH3 is 3. The fourth-order valence-electron chi connectivity index (χ4n) is 2.99. The number of carbonyl (C=O) groups excluding carboxylic acids is 1. The van der Waals surface area contributed by atoms with Crippen LogP contribution in [0.4, 0.5) is 4.39 Å². The Morgan fingerprint density at radius 3 is 2.26 bits per heavy atom. The number of ether oxygens (including phenoxy) is 4. The molecule has 31 heavy (non-hydrogen) atoms. The van der Waals surface area contributed by atoms with Crippen molar-refractivity contribution in [3.8, 4) is 23.0 Å². The van der Waals surface area contributed by atoms with E-state index in [0.717, 1.165) is 11.1 Å². The van der Waals surface area contributed by atoms with Gasteiger partial charge in [-0.2, -0.15) is 0 Å². The van der Waals surface area contributed by atoms with Gasteiger partial charge >= 0.3 is 0 Å². The van der Waals surface area contributed by atoms with E-state index in [9.17, 15) is 9.18 Å². The Balaban J connectivity index is 1.77. The maximum atomic E-state index is 13.8. The van der Waals surface area contributed by atoms with Gasteiger partial charge in [-0.05, 0) is 54.1 Å². The number of hydrogen-bond donors (Lipinski definition) is 0. The van der Waals surface area contributed by atoms with Crippen LogP contribution in [0.25, 0.3) is 6.08 Å². The van der Waals surface area contributed by atoms with Crippen LogP contribution in [0.15, 0.2) is 66.7 Å². The first-order valence-corrected chi connectivity index (χ1v) is 9.54. The Bertz CT molecular complexity index is 1090. The average molecular weight is 422 g/mol. The summed E-state index contributed by atoms with van der Waals surface area (Å²) in [6, 6.07) is 16.6. The molecule has 0 unspecified atom stereocenters. The van der Waals surface area contributed by atoms with E-state index in [-0.39, 0.29) is 18.1 Å². The predicted molar refractivity (Wildman–Crippen MR) is 117 cm³/mol. The smallest absolute Gasteiger partial charge is 0.185 e. The maximum Gasteiger partial charge on any atom is 0.185 e. The molecular formula is C25H23FO5. The van der Waals surface area contributed by atoms with Gasteiger partial charge in [-0.3, -0.25) is 4.79 Å². The van der Waals surface area contributed by atoms with Crippen molar-refractivity contribution in [2.75, 3.05) is 21.3 Å². The summed E-state index contributed by atoms with van der Waals surface area (Å²) in [6.45, 7) is 0.120. The third kappa shape index (κ3) is 5.42. The zero-order valence-electron chi connectivity index (χ0n) is 17.6. The molecule has 0 spiro atoms. The summed E-state index contributed by atoms with van der Waals surface area (Å²) < 4.78 is 35.2. The minimum absolute atomic E-state index is 0.120. The van der Waals surface area contributed by atoms with E-state index in [0.29, 0.717) is 22.8 Å². The molecule has 3 aromatic rings. The molecule has 0 bridgehead atoms. The molecule has 0 saturated heterocycles. The maximum absolute atomic E-state index is 13.8. The Hall–Kier alpha value is -3.80. The lowest BCUT2D eigenvalue weighted by molar-refractivity contribution is 0.104. The number of rotatable bonds is 9. The van der Waals surface area contributed by atoms with Gasteiger partial charge in [-0.1, -0.05) is 24.3 Å². The average Bonchev–Trinajstić information content (AvgIpc) is 2.81. The second-order valence-corrected chi connectivity index (χ2v) is 6.56. The number of allylic oxidation sites excluding steroid dienone is 1. The van der Waals surface area contributed by atoms with E-state index in [2.05, 4.69) is 0 Å². The summed E-state index contributed by atoms with van der Waals surface area (Å²) in [5, 5.41) is 0. The van der Waals surface area contributed by atoms with Gasteiger partial charge in [0.1, 0.15) is 12.4 Å². The second-order valence-electron chi connectivity index (χ2n) is 6.56. The Morgan fingerprint density at radius 1 is 0.839 bits per heavy atom.